The maximum absolute atomic E-state index is 13.9. The summed E-state index contributed by atoms with van der Waals surface area (Å²) in [5, 5.41) is 11.7. The Morgan fingerprint density at radius 3 is 2.49 bits per heavy atom. The fourth-order valence-corrected chi connectivity index (χ4v) is 4.09. The highest BCUT2D eigenvalue weighted by Gasteiger charge is 2.26. The minimum atomic E-state index is -0.418. The number of hydrogen-bond donors (Lipinski definition) is 1. The van der Waals surface area contributed by atoms with Crippen molar-refractivity contribution in [1.29, 1.82) is 5.26 Å². The number of nitrogen functional groups attached to an aromatic ring is 1. The SMILES string of the molecule is C[C@H](c1ncccn1)N(Cc1ccc(C#N)cn1)C(=O)c1ccc2nc(N)c3ccccc3c2c1. The molecule has 0 saturated carbocycles. The van der Waals surface area contributed by atoms with Gasteiger partial charge in [0.05, 0.1) is 29.4 Å². The van der Waals surface area contributed by atoms with Crippen molar-refractivity contribution >= 4 is 33.4 Å². The molecule has 3 heterocycles. The van der Waals surface area contributed by atoms with E-state index >= 15 is 0 Å². The number of hydrogen-bond acceptors (Lipinski definition) is 7. The number of fused-ring (bicyclic) bond motifs is 3. The van der Waals surface area contributed by atoms with Crippen molar-refractivity contribution in [2.45, 2.75) is 19.5 Å². The summed E-state index contributed by atoms with van der Waals surface area (Å²) in [6.45, 7) is 2.11. The molecule has 35 heavy (non-hydrogen) atoms. The van der Waals surface area contributed by atoms with Crippen LogP contribution in [0.15, 0.2) is 79.3 Å². The average molecular weight is 460 g/mol. The van der Waals surface area contributed by atoms with E-state index in [-0.39, 0.29) is 12.5 Å². The van der Waals surface area contributed by atoms with Gasteiger partial charge in [-0.25, -0.2) is 15.0 Å². The Bertz CT molecular complexity index is 1580. The zero-order chi connectivity index (χ0) is 24.4. The molecule has 8 heteroatoms. The largest absolute Gasteiger partial charge is 0.383 e. The van der Waals surface area contributed by atoms with Gasteiger partial charge in [-0.3, -0.25) is 9.78 Å². The lowest BCUT2D eigenvalue weighted by Gasteiger charge is -2.28. The van der Waals surface area contributed by atoms with Gasteiger partial charge in [0.1, 0.15) is 17.7 Å². The second kappa shape index (κ2) is 9.15. The number of anilines is 1. The molecule has 1 atom stereocenters. The number of rotatable bonds is 5. The molecule has 2 N–H and O–H groups in total. The van der Waals surface area contributed by atoms with Crippen LogP contribution in [-0.2, 0) is 6.54 Å². The fourth-order valence-electron chi connectivity index (χ4n) is 4.09. The molecule has 0 aliphatic rings. The molecule has 170 valence electrons. The van der Waals surface area contributed by atoms with E-state index in [1.807, 2.05) is 43.3 Å². The summed E-state index contributed by atoms with van der Waals surface area (Å²) in [6, 6.07) is 20.0. The van der Waals surface area contributed by atoms with Crippen LogP contribution in [0.5, 0.6) is 0 Å². The van der Waals surface area contributed by atoms with Crippen LogP contribution in [0.4, 0.5) is 5.82 Å². The van der Waals surface area contributed by atoms with Gasteiger partial charge in [-0.15, -0.1) is 0 Å². The van der Waals surface area contributed by atoms with Crippen LogP contribution in [0.25, 0.3) is 21.7 Å². The van der Waals surface area contributed by atoms with E-state index in [4.69, 9.17) is 11.0 Å². The lowest BCUT2D eigenvalue weighted by Crippen LogP contribution is -2.34. The minimum Gasteiger partial charge on any atom is -0.383 e. The Hall–Kier alpha value is -4.90. The molecule has 2 aromatic carbocycles. The van der Waals surface area contributed by atoms with Gasteiger partial charge in [0.15, 0.2) is 0 Å². The molecule has 0 aliphatic carbocycles. The second-order valence-corrected chi connectivity index (χ2v) is 8.14. The molecular formula is C27H21N7O. The van der Waals surface area contributed by atoms with Crippen molar-refractivity contribution < 1.29 is 4.79 Å². The van der Waals surface area contributed by atoms with E-state index in [1.54, 1.807) is 41.6 Å². The Morgan fingerprint density at radius 1 is 1.00 bits per heavy atom. The molecule has 0 saturated heterocycles. The van der Waals surface area contributed by atoms with Gasteiger partial charge >= 0.3 is 0 Å². The Morgan fingerprint density at radius 2 is 1.77 bits per heavy atom. The van der Waals surface area contributed by atoms with Gasteiger partial charge in [-0.1, -0.05) is 24.3 Å². The molecule has 0 unspecified atom stereocenters. The van der Waals surface area contributed by atoms with E-state index in [9.17, 15) is 4.79 Å². The molecule has 3 aromatic heterocycles. The van der Waals surface area contributed by atoms with Crippen LogP contribution < -0.4 is 5.73 Å². The minimum absolute atomic E-state index is 0.195. The number of nitriles is 1. The molecule has 5 aromatic rings. The monoisotopic (exact) mass is 459 g/mol. The number of carbonyl (C=O) groups is 1. The summed E-state index contributed by atoms with van der Waals surface area (Å²) >= 11 is 0. The topological polar surface area (TPSA) is 122 Å². The van der Waals surface area contributed by atoms with Crippen molar-refractivity contribution in [2.24, 2.45) is 0 Å². The maximum Gasteiger partial charge on any atom is 0.254 e. The highest BCUT2D eigenvalue weighted by Crippen LogP contribution is 2.30. The molecule has 0 radical (unpaired) electrons. The summed E-state index contributed by atoms with van der Waals surface area (Å²) in [5.41, 5.74) is 8.49. The second-order valence-electron chi connectivity index (χ2n) is 8.14. The van der Waals surface area contributed by atoms with Crippen molar-refractivity contribution in [3.63, 3.8) is 0 Å². The van der Waals surface area contributed by atoms with Crippen LogP contribution >= 0.6 is 0 Å². The quantitative estimate of drug-likeness (QED) is 0.386. The lowest BCUT2D eigenvalue weighted by molar-refractivity contribution is 0.0663. The van der Waals surface area contributed by atoms with Gasteiger partial charge in [0, 0.05) is 34.9 Å². The number of pyridine rings is 2. The lowest BCUT2D eigenvalue weighted by atomic mass is 10.0. The number of carbonyl (C=O) groups excluding carboxylic acids is 1. The Labute approximate surface area is 201 Å². The predicted molar refractivity (Wildman–Crippen MR) is 133 cm³/mol. The number of benzene rings is 2. The zero-order valence-electron chi connectivity index (χ0n) is 19.0. The van der Waals surface area contributed by atoms with Crippen LogP contribution in [0.3, 0.4) is 0 Å². The predicted octanol–water partition coefficient (Wildman–Crippen LogP) is 4.43. The molecular weight excluding hydrogens is 438 g/mol. The average Bonchev–Trinajstić information content (AvgIpc) is 2.92. The Balaban J connectivity index is 1.58. The van der Waals surface area contributed by atoms with Gasteiger partial charge < -0.3 is 10.6 Å². The molecule has 0 aliphatic heterocycles. The molecule has 8 nitrogen and oxygen atoms in total. The van der Waals surface area contributed by atoms with E-state index in [2.05, 4.69) is 26.0 Å². The van der Waals surface area contributed by atoms with Gasteiger partial charge in [0.2, 0.25) is 0 Å². The first-order valence-electron chi connectivity index (χ1n) is 11.1. The first-order chi connectivity index (χ1) is 17.0. The number of nitrogens with two attached hydrogens (primary N) is 1. The standard InChI is InChI=1S/C27H21N7O/c1-17(26-30-11-4-12-31-26)34(16-20-9-7-18(14-28)15-32-20)27(35)19-8-10-24-23(13-19)21-5-2-3-6-22(21)25(29)33-24/h2-13,15,17H,16H2,1H3,(H2,29,33)/t17-/m1/s1. The molecule has 1 amide bonds. The maximum atomic E-state index is 13.9. The van der Waals surface area contributed by atoms with Crippen LogP contribution in [0.2, 0.25) is 0 Å². The van der Waals surface area contributed by atoms with Crippen molar-refractivity contribution in [3.8, 4) is 6.07 Å². The molecule has 0 bridgehead atoms. The van der Waals surface area contributed by atoms with Crippen LogP contribution in [0.1, 0.15) is 40.4 Å². The first-order valence-corrected chi connectivity index (χ1v) is 11.1. The molecule has 0 fully saturated rings. The zero-order valence-corrected chi connectivity index (χ0v) is 19.0. The summed E-state index contributed by atoms with van der Waals surface area (Å²) in [7, 11) is 0. The third kappa shape index (κ3) is 4.23. The Kier molecular flexibility index (Phi) is 5.73. The number of nitrogens with zero attached hydrogens (tertiary/aromatic N) is 6. The van der Waals surface area contributed by atoms with E-state index in [1.165, 1.54) is 6.20 Å². The van der Waals surface area contributed by atoms with E-state index in [0.29, 0.717) is 28.5 Å². The van der Waals surface area contributed by atoms with Crippen molar-refractivity contribution in [2.75, 3.05) is 5.73 Å². The summed E-state index contributed by atoms with van der Waals surface area (Å²) in [5.74, 6) is 0.782. The van der Waals surface area contributed by atoms with Crippen molar-refractivity contribution in [3.05, 3.63) is 102 Å². The summed E-state index contributed by atoms with van der Waals surface area (Å²) in [6.07, 6.45) is 4.80. The molecule has 5 rings (SSSR count). The third-order valence-electron chi connectivity index (χ3n) is 5.95. The number of aromatic nitrogens is 4. The summed E-state index contributed by atoms with van der Waals surface area (Å²) in [4.78, 5) is 33.1. The van der Waals surface area contributed by atoms with Gasteiger partial charge in [0.25, 0.3) is 5.91 Å². The van der Waals surface area contributed by atoms with Gasteiger partial charge in [-0.2, -0.15) is 5.26 Å². The molecule has 0 spiro atoms. The number of amides is 1. The summed E-state index contributed by atoms with van der Waals surface area (Å²) < 4.78 is 0. The van der Waals surface area contributed by atoms with Crippen molar-refractivity contribution in [1.82, 2.24) is 24.8 Å². The van der Waals surface area contributed by atoms with E-state index < -0.39 is 6.04 Å². The highest BCUT2D eigenvalue weighted by molar-refractivity contribution is 6.11. The van der Waals surface area contributed by atoms with Gasteiger partial charge in [-0.05, 0) is 48.7 Å². The van der Waals surface area contributed by atoms with Crippen LogP contribution in [-0.4, -0.2) is 30.7 Å². The fraction of sp³-hybridized carbons (Fsp3) is 0.111. The van der Waals surface area contributed by atoms with E-state index in [0.717, 1.165) is 21.7 Å². The third-order valence-corrected chi connectivity index (χ3v) is 5.95. The van der Waals surface area contributed by atoms with Crippen LogP contribution in [0, 0.1) is 11.3 Å². The normalized spacial score (nSPS) is 11.8. The smallest absolute Gasteiger partial charge is 0.254 e. The highest BCUT2D eigenvalue weighted by atomic mass is 16.2. The first kappa shape index (κ1) is 21.9.